The first-order valence-corrected chi connectivity index (χ1v) is 18.8. The molecular formula is C51H33NO3. The van der Waals surface area contributed by atoms with Crippen LogP contribution in [0.4, 0.5) is 0 Å². The highest BCUT2D eigenvalue weighted by Crippen LogP contribution is 2.52. The third-order valence-corrected chi connectivity index (χ3v) is 11.8. The van der Waals surface area contributed by atoms with Gasteiger partial charge in [0.15, 0.2) is 5.75 Å². The lowest BCUT2D eigenvalue weighted by molar-refractivity contribution is 0.421. The Bertz CT molecular complexity index is 3260. The quantitative estimate of drug-likeness (QED) is 0.184. The first-order chi connectivity index (χ1) is 27.0. The van der Waals surface area contributed by atoms with E-state index in [0.717, 1.165) is 99.7 Å². The van der Waals surface area contributed by atoms with Gasteiger partial charge in [-0.3, -0.25) is 0 Å². The molecule has 0 saturated carbocycles. The summed E-state index contributed by atoms with van der Waals surface area (Å²) in [4.78, 5) is 0. The molecule has 0 N–H and O–H groups in total. The molecule has 11 aromatic rings. The average Bonchev–Trinajstić information content (AvgIpc) is 3.91. The van der Waals surface area contributed by atoms with Gasteiger partial charge in [-0.2, -0.15) is 0 Å². The van der Waals surface area contributed by atoms with E-state index in [2.05, 4.69) is 158 Å². The lowest BCUT2D eigenvalue weighted by Gasteiger charge is -2.35. The Morgan fingerprint density at radius 3 is 1.69 bits per heavy atom. The molecule has 4 nitrogen and oxygen atoms in total. The third kappa shape index (κ3) is 4.22. The summed E-state index contributed by atoms with van der Waals surface area (Å²) < 4.78 is 22.7. The molecule has 0 radical (unpaired) electrons. The summed E-state index contributed by atoms with van der Waals surface area (Å²) in [7, 11) is 0. The van der Waals surface area contributed by atoms with Crippen LogP contribution in [-0.4, -0.2) is 4.57 Å². The van der Waals surface area contributed by atoms with Crippen molar-refractivity contribution in [3.8, 4) is 39.4 Å². The Morgan fingerprint density at radius 2 is 1.02 bits per heavy atom. The molecule has 8 aromatic carbocycles. The predicted molar refractivity (Wildman–Crippen MR) is 225 cm³/mol. The molecule has 1 aliphatic heterocycles. The molecule has 4 heterocycles. The molecule has 0 spiro atoms. The number of benzene rings is 8. The maximum absolute atomic E-state index is 6.98. The van der Waals surface area contributed by atoms with Gasteiger partial charge in [-0.25, -0.2) is 0 Å². The standard InChI is InChI=1S/C51H33NO3/c1-51(2)41-20-6-10-24-46(41)55-50-42(51)26-25-38-35-13-3-7-21-43(35)52(47(38)50)32-28-30(33-16-11-18-39-36-14-4-8-22-44(36)53-48(33)39)27-31(29-32)34-17-12-19-40-37-15-5-9-23-45(37)54-49(34)40/h3-29H,1-2H3. The minimum Gasteiger partial charge on any atom is -0.455 e. The minimum absolute atomic E-state index is 0.263. The monoisotopic (exact) mass is 707 g/mol. The van der Waals surface area contributed by atoms with Gasteiger partial charge in [0.05, 0.1) is 11.0 Å². The van der Waals surface area contributed by atoms with Gasteiger partial charge in [0.2, 0.25) is 0 Å². The molecule has 3 aromatic heterocycles. The topological polar surface area (TPSA) is 40.4 Å². The van der Waals surface area contributed by atoms with Gasteiger partial charge in [-0.1, -0.05) is 135 Å². The van der Waals surface area contributed by atoms with Crippen LogP contribution in [0.5, 0.6) is 11.5 Å². The first-order valence-electron chi connectivity index (χ1n) is 18.8. The lowest BCUT2D eigenvalue weighted by atomic mass is 9.75. The van der Waals surface area contributed by atoms with Gasteiger partial charge in [-0.15, -0.1) is 0 Å². The van der Waals surface area contributed by atoms with Crippen molar-refractivity contribution >= 4 is 65.7 Å². The minimum atomic E-state index is -0.263. The van der Waals surface area contributed by atoms with Gasteiger partial charge in [0, 0.05) is 65.7 Å². The second-order valence-corrected chi connectivity index (χ2v) is 15.2. The smallest absolute Gasteiger partial charge is 0.156 e. The van der Waals surface area contributed by atoms with Crippen molar-refractivity contribution in [2.75, 3.05) is 0 Å². The van der Waals surface area contributed by atoms with Crippen LogP contribution in [0.25, 0.3) is 93.6 Å². The Balaban J connectivity index is 1.20. The Labute approximate surface area is 316 Å². The van der Waals surface area contributed by atoms with Crippen LogP contribution < -0.4 is 4.74 Å². The number of para-hydroxylation sites is 6. The maximum atomic E-state index is 6.98. The van der Waals surface area contributed by atoms with E-state index in [1.807, 2.05) is 24.3 Å². The van der Waals surface area contributed by atoms with E-state index < -0.39 is 0 Å². The van der Waals surface area contributed by atoms with E-state index >= 15 is 0 Å². The highest BCUT2D eigenvalue weighted by atomic mass is 16.5. The van der Waals surface area contributed by atoms with Gasteiger partial charge in [0.25, 0.3) is 0 Å². The molecule has 0 atom stereocenters. The molecule has 12 rings (SSSR count). The molecule has 260 valence electrons. The van der Waals surface area contributed by atoms with Crippen molar-refractivity contribution in [1.29, 1.82) is 0 Å². The summed E-state index contributed by atoms with van der Waals surface area (Å²) in [6.45, 7) is 4.60. The number of ether oxygens (including phenoxy) is 1. The summed E-state index contributed by atoms with van der Waals surface area (Å²) in [6.07, 6.45) is 0. The van der Waals surface area contributed by atoms with E-state index in [1.165, 1.54) is 16.5 Å². The molecule has 1 aliphatic rings. The number of fused-ring (bicyclic) bond motifs is 12. The van der Waals surface area contributed by atoms with Crippen molar-refractivity contribution in [1.82, 2.24) is 4.57 Å². The zero-order valence-electron chi connectivity index (χ0n) is 30.3. The zero-order chi connectivity index (χ0) is 36.4. The molecule has 0 unspecified atom stereocenters. The highest BCUT2D eigenvalue weighted by Gasteiger charge is 2.36. The van der Waals surface area contributed by atoms with Crippen LogP contribution in [0.1, 0.15) is 25.0 Å². The molecule has 4 heteroatoms. The van der Waals surface area contributed by atoms with Gasteiger partial charge in [-0.05, 0) is 53.6 Å². The number of hydrogen-bond donors (Lipinski definition) is 0. The van der Waals surface area contributed by atoms with E-state index in [4.69, 9.17) is 13.6 Å². The first kappa shape index (κ1) is 30.4. The number of furan rings is 2. The molecule has 0 amide bonds. The number of nitrogens with zero attached hydrogens (tertiary/aromatic N) is 1. The molecular weight excluding hydrogens is 675 g/mol. The van der Waals surface area contributed by atoms with Crippen molar-refractivity contribution < 1.29 is 13.6 Å². The van der Waals surface area contributed by atoms with Gasteiger partial charge >= 0.3 is 0 Å². The molecule has 0 aliphatic carbocycles. The van der Waals surface area contributed by atoms with E-state index in [9.17, 15) is 0 Å². The highest BCUT2D eigenvalue weighted by molar-refractivity contribution is 6.14. The number of hydrogen-bond acceptors (Lipinski definition) is 3. The number of rotatable bonds is 3. The van der Waals surface area contributed by atoms with Gasteiger partial charge in [0.1, 0.15) is 28.1 Å². The largest absolute Gasteiger partial charge is 0.455 e. The van der Waals surface area contributed by atoms with Crippen LogP contribution >= 0.6 is 0 Å². The molecule has 55 heavy (non-hydrogen) atoms. The summed E-state index contributed by atoms with van der Waals surface area (Å²) in [5.41, 5.74) is 12.9. The normalized spacial score (nSPS) is 13.6. The van der Waals surface area contributed by atoms with Crippen molar-refractivity contribution in [2.45, 2.75) is 19.3 Å². The summed E-state index contributed by atoms with van der Waals surface area (Å²) in [5.74, 6) is 1.79. The van der Waals surface area contributed by atoms with E-state index in [1.54, 1.807) is 0 Å². The molecule has 0 saturated heterocycles. The average molecular weight is 708 g/mol. The van der Waals surface area contributed by atoms with Crippen molar-refractivity contribution in [3.63, 3.8) is 0 Å². The fourth-order valence-corrected chi connectivity index (χ4v) is 9.22. The fourth-order valence-electron chi connectivity index (χ4n) is 9.22. The van der Waals surface area contributed by atoms with E-state index in [0.29, 0.717) is 0 Å². The van der Waals surface area contributed by atoms with Crippen molar-refractivity contribution in [2.24, 2.45) is 0 Å². The maximum Gasteiger partial charge on any atom is 0.156 e. The Morgan fingerprint density at radius 1 is 0.455 bits per heavy atom. The SMILES string of the molecule is CC1(C)c2ccccc2Oc2c1ccc1c3ccccc3n(-c3cc(-c4cccc5c4oc4ccccc45)cc(-c4cccc5c4oc4ccccc45)c3)c21. The predicted octanol–water partition coefficient (Wildman–Crippen LogP) is 14.3. The fraction of sp³-hybridized carbons (Fsp3) is 0.0588. The Kier molecular flexibility index (Phi) is 6.09. The summed E-state index contributed by atoms with van der Waals surface area (Å²) in [6, 6.07) is 58.0. The van der Waals surface area contributed by atoms with Crippen LogP contribution in [-0.2, 0) is 5.41 Å². The van der Waals surface area contributed by atoms with E-state index in [-0.39, 0.29) is 5.41 Å². The van der Waals surface area contributed by atoms with Crippen LogP contribution in [0.2, 0.25) is 0 Å². The van der Waals surface area contributed by atoms with Crippen LogP contribution in [0.15, 0.2) is 173 Å². The Hall–Kier alpha value is -7.04. The van der Waals surface area contributed by atoms with Crippen LogP contribution in [0, 0.1) is 0 Å². The molecule has 0 fully saturated rings. The van der Waals surface area contributed by atoms with Crippen molar-refractivity contribution in [3.05, 3.63) is 175 Å². The summed E-state index contributed by atoms with van der Waals surface area (Å²) >= 11 is 0. The second-order valence-electron chi connectivity index (χ2n) is 15.2. The molecule has 0 bridgehead atoms. The number of aromatic nitrogens is 1. The zero-order valence-corrected chi connectivity index (χ0v) is 30.3. The third-order valence-electron chi connectivity index (χ3n) is 11.8. The van der Waals surface area contributed by atoms with Crippen LogP contribution in [0.3, 0.4) is 0 Å². The second kappa shape index (κ2) is 11.0. The summed E-state index contributed by atoms with van der Waals surface area (Å²) in [5, 5.41) is 6.73. The lowest BCUT2D eigenvalue weighted by Crippen LogP contribution is -2.24. The van der Waals surface area contributed by atoms with Gasteiger partial charge < -0.3 is 18.1 Å².